The van der Waals surface area contributed by atoms with E-state index in [2.05, 4.69) is 103 Å². The summed E-state index contributed by atoms with van der Waals surface area (Å²) < 4.78 is 6.25. The number of rotatable bonds is 3. The third-order valence-electron chi connectivity index (χ3n) is 5.52. The second-order valence-corrected chi connectivity index (χ2v) is 7.21. The Hall–Kier alpha value is -3.16. The normalized spacial score (nSPS) is 15.8. The molecule has 0 fully saturated rings. The van der Waals surface area contributed by atoms with Crippen LogP contribution in [0.15, 0.2) is 103 Å². The summed E-state index contributed by atoms with van der Waals surface area (Å²) in [7, 11) is 0. The molecule has 1 nitrogen and oxygen atoms in total. The Kier molecular flexibility index (Phi) is 4.52. The van der Waals surface area contributed by atoms with Crippen molar-refractivity contribution >= 4 is 16.3 Å². The van der Waals surface area contributed by atoms with Crippen molar-refractivity contribution in [3.05, 3.63) is 125 Å². The molecular formula is C27H22O. The van der Waals surface area contributed by atoms with E-state index in [1.807, 2.05) is 0 Å². The van der Waals surface area contributed by atoms with Gasteiger partial charge in [-0.3, -0.25) is 0 Å². The van der Waals surface area contributed by atoms with E-state index in [-0.39, 0.29) is 6.10 Å². The van der Waals surface area contributed by atoms with Gasteiger partial charge >= 0.3 is 0 Å². The molecule has 0 saturated heterocycles. The van der Waals surface area contributed by atoms with Crippen LogP contribution in [0.5, 0.6) is 0 Å². The molecule has 28 heavy (non-hydrogen) atoms. The van der Waals surface area contributed by atoms with Gasteiger partial charge in [0.2, 0.25) is 0 Å². The first-order valence-electron chi connectivity index (χ1n) is 9.85. The van der Waals surface area contributed by atoms with Gasteiger partial charge in [0, 0.05) is 0 Å². The Morgan fingerprint density at radius 1 is 0.714 bits per heavy atom. The molecule has 0 amide bonds. The zero-order chi connectivity index (χ0) is 18.8. The first kappa shape index (κ1) is 17.0. The summed E-state index contributed by atoms with van der Waals surface area (Å²) in [6, 6.07) is 34.3. The Balaban J connectivity index is 1.66. The number of hydrogen-bond donors (Lipinski definition) is 0. The lowest BCUT2D eigenvalue weighted by Crippen LogP contribution is -2.15. The van der Waals surface area contributed by atoms with Gasteiger partial charge in [-0.05, 0) is 51.1 Å². The fraction of sp³-hybridized carbons (Fsp3) is 0.111. The van der Waals surface area contributed by atoms with Crippen molar-refractivity contribution in [3.8, 4) is 0 Å². The van der Waals surface area contributed by atoms with E-state index >= 15 is 0 Å². The van der Waals surface area contributed by atoms with Gasteiger partial charge in [0.25, 0.3) is 0 Å². The highest BCUT2D eigenvalue weighted by atomic mass is 16.5. The van der Waals surface area contributed by atoms with Crippen LogP contribution < -0.4 is 0 Å². The Labute approximate surface area is 165 Å². The van der Waals surface area contributed by atoms with E-state index in [4.69, 9.17) is 4.74 Å². The van der Waals surface area contributed by atoms with E-state index in [1.54, 1.807) is 0 Å². The van der Waals surface area contributed by atoms with Crippen LogP contribution >= 0.6 is 0 Å². The van der Waals surface area contributed by atoms with Crippen molar-refractivity contribution < 1.29 is 4.74 Å². The molecule has 0 aromatic heterocycles. The molecule has 0 aliphatic carbocycles. The van der Waals surface area contributed by atoms with Crippen molar-refractivity contribution in [3.63, 3.8) is 0 Å². The fourth-order valence-electron chi connectivity index (χ4n) is 4.16. The van der Waals surface area contributed by atoms with Crippen LogP contribution in [0.3, 0.4) is 0 Å². The van der Waals surface area contributed by atoms with Gasteiger partial charge in [0.1, 0.15) is 6.10 Å². The summed E-state index contributed by atoms with van der Waals surface area (Å²) >= 11 is 0. The number of ether oxygens (including phenoxy) is 1. The molecule has 4 aromatic carbocycles. The minimum Gasteiger partial charge on any atom is -0.369 e. The molecule has 1 aliphatic rings. The molecule has 136 valence electrons. The summed E-state index contributed by atoms with van der Waals surface area (Å²) in [5.74, 6) is 0. The van der Waals surface area contributed by atoms with E-state index in [9.17, 15) is 0 Å². The zero-order valence-electron chi connectivity index (χ0n) is 15.7. The largest absolute Gasteiger partial charge is 0.369 e. The van der Waals surface area contributed by atoms with E-state index in [1.165, 1.54) is 38.6 Å². The Bertz CT molecular complexity index is 1090. The molecule has 1 atom stereocenters. The third-order valence-corrected chi connectivity index (χ3v) is 5.52. The maximum Gasteiger partial charge on any atom is 0.102 e. The van der Waals surface area contributed by atoms with Crippen LogP contribution in [0, 0.1) is 0 Å². The van der Waals surface area contributed by atoms with Crippen LogP contribution in [0.1, 0.15) is 28.4 Å². The summed E-state index contributed by atoms with van der Waals surface area (Å²) in [6.45, 7) is 0.749. The van der Waals surface area contributed by atoms with Gasteiger partial charge < -0.3 is 4.74 Å². The molecule has 0 spiro atoms. The van der Waals surface area contributed by atoms with Crippen LogP contribution in [0.4, 0.5) is 0 Å². The quantitative estimate of drug-likeness (QED) is 0.400. The first-order valence-corrected chi connectivity index (χ1v) is 9.85. The molecule has 0 radical (unpaired) electrons. The van der Waals surface area contributed by atoms with Gasteiger partial charge in [-0.2, -0.15) is 0 Å². The molecule has 0 bridgehead atoms. The SMILES string of the molecule is C(=C(c1ccccc1)c1ccccc1)C1OCCc2c1ccc1ccccc21. The van der Waals surface area contributed by atoms with Gasteiger partial charge in [0.15, 0.2) is 0 Å². The monoisotopic (exact) mass is 362 g/mol. The smallest absolute Gasteiger partial charge is 0.102 e. The van der Waals surface area contributed by atoms with Crippen molar-refractivity contribution in [2.75, 3.05) is 6.61 Å². The molecule has 1 unspecified atom stereocenters. The second-order valence-electron chi connectivity index (χ2n) is 7.21. The molecule has 5 rings (SSSR count). The highest BCUT2D eigenvalue weighted by Gasteiger charge is 2.22. The van der Waals surface area contributed by atoms with E-state index in [0.717, 1.165) is 13.0 Å². The molecule has 4 aromatic rings. The lowest BCUT2D eigenvalue weighted by molar-refractivity contribution is 0.0758. The molecular weight excluding hydrogens is 340 g/mol. The predicted octanol–water partition coefficient (Wildman–Crippen LogP) is 6.59. The van der Waals surface area contributed by atoms with Crippen LogP contribution in [0.2, 0.25) is 0 Å². The number of benzene rings is 4. The Morgan fingerprint density at radius 2 is 1.36 bits per heavy atom. The zero-order valence-corrected chi connectivity index (χ0v) is 15.7. The maximum atomic E-state index is 6.25. The van der Waals surface area contributed by atoms with Crippen molar-refractivity contribution in [1.29, 1.82) is 0 Å². The molecule has 0 saturated carbocycles. The molecule has 0 N–H and O–H groups in total. The van der Waals surface area contributed by atoms with Gasteiger partial charge in [-0.15, -0.1) is 0 Å². The first-order chi connectivity index (χ1) is 13.9. The number of hydrogen-bond acceptors (Lipinski definition) is 1. The summed E-state index contributed by atoms with van der Waals surface area (Å²) in [4.78, 5) is 0. The van der Waals surface area contributed by atoms with E-state index < -0.39 is 0 Å². The lowest BCUT2D eigenvalue weighted by Gasteiger charge is -2.26. The average Bonchev–Trinajstić information content (AvgIpc) is 2.78. The van der Waals surface area contributed by atoms with Crippen molar-refractivity contribution in [2.24, 2.45) is 0 Å². The average molecular weight is 362 g/mol. The van der Waals surface area contributed by atoms with Crippen LogP contribution in [-0.4, -0.2) is 6.61 Å². The highest BCUT2D eigenvalue weighted by molar-refractivity contribution is 5.87. The fourth-order valence-corrected chi connectivity index (χ4v) is 4.16. The standard InChI is InChI=1S/C27H22O/c1-3-9-20(10-4-1)26(21-11-5-2-6-12-21)19-27-25-16-15-22-13-7-8-14-23(22)24(25)17-18-28-27/h1-16,19,27H,17-18H2. The predicted molar refractivity (Wildman–Crippen MR) is 116 cm³/mol. The Morgan fingerprint density at radius 3 is 2.07 bits per heavy atom. The molecule has 1 aliphatic heterocycles. The van der Waals surface area contributed by atoms with Crippen molar-refractivity contribution in [1.82, 2.24) is 0 Å². The summed E-state index contributed by atoms with van der Waals surface area (Å²) in [5, 5.41) is 2.65. The third kappa shape index (κ3) is 3.15. The molecule has 1 heterocycles. The van der Waals surface area contributed by atoms with Crippen molar-refractivity contribution in [2.45, 2.75) is 12.5 Å². The van der Waals surface area contributed by atoms with Gasteiger partial charge in [0.05, 0.1) is 6.61 Å². The second kappa shape index (κ2) is 7.46. The van der Waals surface area contributed by atoms with Crippen LogP contribution in [-0.2, 0) is 11.2 Å². The summed E-state index contributed by atoms with van der Waals surface area (Å²) in [6.07, 6.45) is 3.22. The number of fused-ring (bicyclic) bond motifs is 3. The lowest BCUT2D eigenvalue weighted by atomic mass is 9.89. The van der Waals surface area contributed by atoms with Crippen LogP contribution in [0.25, 0.3) is 16.3 Å². The summed E-state index contributed by atoms with van der Waals surface area (Å²) in [5.41, 5.74) is 6.35. The molecule has 1 heteroatoms. The highest BCUT2D eigenvalue weighted by Crippen LogP contribution is 2.36. The van der Waals surface area contributed by atoms with Gasteiger partial charge in [-0.1, -0.05) is 97.1 Å². The van der Waals surface area contributed by atoms with Gasteiger partial charge in [-0.25, -0.2) is 0 Å². The maximum absolute atomic E-state index is 6.25. The minimum absolute atomic E-state index is 0.0382. The van der Waals surface area contributed by atoms with E-state index in [0.29, 0.717) is 0 Å². The minimum atomic E-state index is -0.0382. The topological polar surface area (TPSA) is 9.23 Å².